The van der Waals surface area contributed by atoms with Gasteiger partial charge in [-0.2, -0.15) is 0 Å². The van der Waals surface area contributed by atoms with Crippen molar-refractivity contribution in [2.45, 2.75) is 18.5 Å². The largest absolute Gasteiger partial charge is 0.394 e. The third-order valence-electron chi connectivity index (χ3n) is 5.66. The molecule has 0 spiro atoms. The maximum absolute atomic E-state index is 13.2. The highest BCUT2D eigenvalue weighted by Crippen LogP contribution is 2.49. The maximum atomic E-state index is 13.2. The predicted molar refractivity (Wildman–Crippen MR) is 102 cm³/mol. The van der Waals surface area contributed by atoms with Gasteiger partial charge in [0.1, 0.15) is 5.82 Å². The van der Waals surface area contributed by atoms with Crippen LogP contribution in [0.25, 0.3) is 0 Å². The summed E-state index contributed by atoms with van der Waals surface area (Å²) >= 11 is 3.54. The minimum absolute atomic E-state index is 0.0281. The Morgan fingerprint density at radius 2 is 2.00 bits per heavy atom. The average Bonchev–Trinajstić information content (AvgIpc) is 3.07. The van der Waals surface area contributed by atoms with E-state index in [0.29, 0.717) is 12.1 Å². The summed E-state index contributed by atoms with van der Waals surface area (Å²) in [5.41, 5.74) is 2.61. The molecule has 0 bridgehead atoms. The minimum Gasteiger partial charge on any atom is -0.394 e. The first-order chi connectivity index (χ1) is 12.5. The van der Waals surface area contributed by atoms with Crippen LogP contribution in [-0.4, -0.2) is 42.2 Å². The number of likely N-dealkylation sites (tertiary alicyclic amines) is 1. The van der Waals surface area contributed by atoms with E-state index in [2.05, 4.69) is 26.9 Å². The SMILES string of the molecule is CN1c2ccc(Br)cc2[C@@H]2[C@@H](CCN2C(=O)c2ccc(F)cc2)[C@H]1CO. The fourth-order valence-electron chi connectivity index (χ4n) is 4.41. The summed E-state index contributed by atoms with van der Waals surface area (Å²) in [6.45, 7) is 0.674. The van der Waals surface area contributed by atoms with Crippen LogP contribution in [-0.2, 0) is 0 Å². The van der Waals surface area contributed by atoms with Crippen LogP contribution in [0.1, 0.15) is 28.4 Å². The van der Waals surface area contributed by atoms with E-state index in [-0.39, 0.29) is 36.3 Å². The van der Waals surface area contributed by atoms with Crippen LogP contribution in [0.4, 0.5) is 10.1 Å². The van der Waals surface area contributed by atoms with Crippen LogP contribution in [0.2, 0.25) is 0 Å². The van der Waals surface area contributed by atoms with E-state index in [1.165, 1.54) is 24.3 Å². The van der Waals surface area contributed by atoms with E-state index < -0.39 is 0 Å². The molecule has 2 heterocycles. The van der Waals surface area contributed by atoms with Gasteiger partial charge in [-0.05, 0) is 54.4 Å². The first-order valence-electron chi connectivity index (χ1n) is 8.71. The third-order valence-corrected chi connectivity index (χ3v) is 6.16. The highest BCUT2D eigenvalue weighted by Gasteiger charge is 2.47. The number of hydrogen-bond donors (Lipinski definition) is 1. The van der Waals surface area contributed by atoms with Gasteiger partial charge in [0.05, 0.1) is 18.7 Å². The molecule has 136 valence electrons. The van der Waals surface area contributed by atoms with Crippen molar-refractivity contribution in [3.05, 3.63) is 63.9 Å². The number of amides is 1. The molecule has 0 radical (unpaired) electrons. The van der Waals surface area contributed by atoms with Gasteiger partial charge in [0.2, 0.25) is 0 Å². The monoisotopic (exact) mass is 418 g/mol. The van der Waals surface area contributed by atoms with E-state index in [4.69, 9.17) is 0 Å². The molecule has 0 aromatic heterocycles. The fourth-order valence-corrected chi connectivity index (χ4v) is 4.79. The summed E-state index contributed by atoms with van der Waals surface area (Å²) in [6.07, 6.45) is 0.832. The smallest absolute Gasteiger partial charge is 0.254 e. The van der Waals surface area contributed by atoms with Crippen molar-refractivity contribution >= 4 is 27.5 Å². The Balaban J connectivity index is 1.77. The molecule has 4 rings (SSSR count). The molecule has 4 nitrogen and oxygen atoms in total. The number of carbonyl (C=O) groups excluding carboxylic acids is 1. The number of aliphatic hydroxyl groups excluding tert-OH is 1. The zero-order chi connectivity index (χ0) is 18.4. The van der Waals surface area contributed by atoms with Crippen molar-refractivity contribution in [1.29, 1.82) is 0 Å². The Morgan fingerprint density at radius 3 is 2.69 bits per heavy atom. The van der Waals surface area contributed by atoms with Crippen molar-refractivity contribution < 1.29 is 14.3 Å². The lowest BCUT2D eigenvalue weighted by Crippen LogP contribution is -2.48. The number of carbonyl (C=O) groups is 1. The summed E-state index contributed by atoms with van der Waals surface area (Å²) < 4.78 is 14.2. The average molecular weight is 419 g/mol. The molecule has 26 heavy (non-hydrogen) atoms. The summed E-state index contributed by atoms with van der Waals surface area (Å²) in [5.74, 6) is -0.282. The van der Waals surface area contributed by atoms with Crippen molar-refractivity contribution in [2.75, 3.05) is 25.1 Å². The molecule has 1 fully saturated rings. The van der Waals surface area contributed by atoms with Crippen LogP contribution in [0.15, 0.2) is 46.9 Å². The van der Waals surface area contributed by atoms with E-state index in [0.717, 1.165) is 22.1 Å². The van der Waals surface area contributed by atoms with Crippen LogP contribution < -0.4 is 4.90 Å². The van der Waals surface area contributed by atoms with Crippen LogP contribution in [0.5, 0.6) is 0 Å². The Labute approximate surface area is 160 Å². The van der Waals surface area contributed by atoms with Crippen LogP contribution >= 0.6 is 15.9 Å². The van der Waals surface area contributed by atoms with Crippen molar-refractivity contribution in [2.24, 2.45) is 5.92 Å². The van der Waals surface area contributed by atoms with Crippen LogP contribution in [0.3, 0.4) is 0 Å². The second kappa shape index (κ2) is 6.67. The summed E-state index contributed by atoms with van der Waals surface area (Å²) in [7, 11) is 1.99. The number of fused-ring (bicyclic) bond motifs is 3. The van der Waals surface area contributed by atoms with Crippen molar-refractivity contribution in [1.82, 2.24) is 4.90 Å². The molecule has 2 aliphatic heterocycles. The van der Waals surface area contributed by atoms with Crippen LogP contribution in [0, 0.1) is 11.7 Å². The maximum Gasteiger partial charge on any atom is 0.254 e. The van der Waals surface area contributed by atoms with Gasteiger partial charge in [0, 0.05) is 35.2 Å². The Hall–Kier alpha value is -1.92. The molecule has 6 heteroatoms. The molecule has 1 N–H and O–H groups in total. The minimum atomic E-state index is -0.352. The first-order valence-corrected chi connectivity index (χ1v) is 9.50. The molecule has 1 saturated heterocycles. The number of hydrogen-bond acceptors (Lipinski definition) is 3. The summed E-state index contributed by atoms with van der Waals surface area (Å²) in [5, 5.41) is 9.97. The lowest BCUT2D eigenvalue weighted by Gasteiger charge is -2.44. The van der Waals surface area contributed by atoms with Gasteiger partial charge in [0.25, 0.3) is 5.91 Å². The number of nitrogens with zero attached hydrogens (tertiary/aromatic N) is 2. The Bertz CT molecular complexity index is 842. The zero-order valence-corrected chi connectivity index (χ0v) is 16.0. The lowest BCUT2D eigenvalue weighted by atomic mass is 9.82. The van der Waals surface area contributed by atoms with Gasteiger partial charge in [-0.15, -0.1) is 0 Å². The molecule has 0 aliphatic carbocycles. The van der Waals surface area contributed by atoms with Crippen molar-refractivity contribution in [3.63, 3.8) is 0 Å². The molecule has 2 aliphatic rings. The molecular formula is C20H20BrFN2O2. The molecule has 0 unspecified atom stereocenters. The molecular weight excluding hydrogens is 399 g/mol. The molecule has 2 aromatic carbocycles. The third kappa shape index (κ3) is 2.72. The van der Waals surface area contributed by atoms with E-state index in [1.54, 1.807) is 0 Å². The Kier molecular flexibility index (Phi) is 4.49. The number of aliphatic hydroxyl groups is 1. The number of anilines is 1. The van der Waals surface area contributed by atoms with Gasteiger partial charge in [-0.3, -0.25) is 4.79 Å². The van der Waals surface area contributed by atoms with E-state index in [1.807, 2.05) is 24.1 Å². The van der Waals surface area contributed by atoms with E-state index >= 15 is 0 Å². The number of likely N-dealkylation sites (N-methyl/N-ethyl adjacent to an activating group) is 1. The van der Waals surface area contributed by atoms with Gasteiger partial charge >= 0.3 is 0 Å². The van der Waals surface area contributed by atoms with Crippen molar-refractivity contribution in [3.8, 4) is 0 Å². The topological polar surface area (TPSA) is 43.8 Å². The second-order valence-corrected chi connectivity index (χ2v) is 7.88. The second-order valence-electron chi connectivity index (χ2n) is 6.97. The van der Waals surface area contributed by atoms with E-state index in [9.17, 15) is 14.3 Å². The van der Waals surface area contributed by atoms with Gasteiger partial charge in [0.15, 0.2) is 0 Å². The fraction of sp³-hybridized carbons (Fsp3) is 0.350. The molecule has 0 saturated carbocycles. The molecule has 2 aromatic rings. The highest BCUT2D eigenvalue weighted by molar-refractivity contribution is 9.10. The molecule has 3 atom stereocenters. The summed E-state index contributed by atoms with van der Waals surface area (Å²) in [4.78, 5) is 17.1. The lowest BCUT2D eigenvalue weighted by molar-refractivity contribution is 0.0694. The predicted octanol–water partition coefficient (Wildman–Crippen LogP) is 3.60. The first kappa shape index (κ1) is 17.5. The zero-order valence-electron chi connectivity index (χ0n) is 14.4. The van der Waals surface area contributed by atoms with Gasteiger partial charge in [-0.25, -0.2) is 4.39 Å². The highest BCUT2D eigenvalue weighted by atomic mass is 79.9. The summed E-state index contributed by atoms with van der Waals surface area (Å²) in [6, 6.07) is 11.6. The number of rotatable bonds is 2. The number of halogens is 2. The number of benzene rings is 2. The van der Waals surface area contributed by atoms with Gasteiger partial charge in [-0.1, -0.05) is 15.9 Å². The van der Waals surface area contributed by atoms with Gasteiger partial charge < -0.3 is 14.9 Å². The Morgan fingerprint density at radius 1 is 1.27 bits per heavy atom. The molecule has 1 amide bonds. The standard InChI is InChI=1S/C20H20BrFN2O2/c1-23-17-7-4-13(21)10-16(17)19-15(18(23)11-25)8-9-24(19)20(26)12-2-5-14(22)6-3-12/h2-7,10,15,18-19,25H,8-9,11H2,1H3/t15-,18+,19-/m0/s1. The quantitative estimate of drug-likeness (QED) is 0.809. The normalized spacial score (nSPS) is 24.4.